The van der Waals surface area contributed by atoms with E-state index >= 15 is 0 Å². The van der Waals surface area contributed by atoms with Crippen molar-refractivity contribution in [3.8, 4) is 0 Å². The van der Waals surface area contributed by atoms with Crippen LogP contribution in [0.15, 0.2) is 0 Å². The molecule has 0 aromatic rings. The van der Waals surface area contributed by atoms with Gasteiger partial charge in [-0.2, -0.15) is 0 Å². The lowest BCUT2D eigenvalue weighted by Crippen LogP contribution is -2.41. The Bertz CT molecular complexity index is 286. The minimum Gasteiger partial charge on any atom is -0.461 e. The summed E-state index contributed by atoms with van der Waals surface area (Å²) in [5.41, 5.74) is -0.378. The molecule has 0 rings (SSSR count). The molecule has 0 aliphatic rings. The smallest absolute Gasteiger partial charge is 0.312 e. The van der Waals surface area contributed by atoms with Crippen molar-refractivity contribution in [2.75, 3.05) is 0 Å². The molecule has 2 nitrogen and oxygen atoms in total. The van der Waals surface area contributed by atoms with Gasteiger partial charge in [0.2, 0.25) is 0 Å². The van der Waals surface area contributed by atoms with Crippen molar-refractivity contribution in [2.24, 2.45) is 29.1 Å². The van der Waals surface area contributed by atoms with Crippen LogP contribution in [0.1, 0.15) is 75.2 Å². The second-order valence-electron chi connectivity index (χ2n) is 7.65. The quantitative estimate of drug-likeness (QED) is 0.565. The van der Waals surface area contributed by atoms with Crippen LogP contribution >= 0.6 is 0 Å². The molecule has 0 radical (unpaired) electrons. The van der Waals surface area contributed by atoms with Crippen LogP contribution in [0, 0.1) is 29.1 Å². The van der Waals surface area contributed by atoms with Gasteiger partial charge in [0.25, 0.3) is 0 Å². The Balaban J connectivity index is 5.06. The molecule has 120 valence electrons. The largest absolute Gasteiger partial charge is 0.461 e. The lowest BCUT2D eigenvalue weighted by atomic mass is 9.72. The van der Waals surface area contributed by atoms with Gasteiger partial charge in [0, 0.05) is 0 Å². The van der Waals surface area contributed by atoms with Crippen molar-refractivity contribution in [1.82, 2.24) is 0 Å². The third-order valence-electron chi connectivity index (χ3n) is 4.77. The fraction of sp³-hybridized carbons (Fsp3) is 0.944. The van der Waals surface area contributed by atoms with E-state index in [1.165, 1.54) is 0 Å². The van der Waals surface area contributed by atoms with E-state index in [2.05, 4.69) is 62.3 Å². The van der Waals surface area contributed by atoms with Crippen molar-refractivity contribution < 1.29 is 9.53 Å². The molecule has 0 spiro atoms. The van der Waals surface area contributed by atoms with E-state index in [9.17, 15) is 4.79 Å². The van der Waals surface area contributed by atoms with E-state index < -0.39 is 0 Å². The van der Waals surface area contributed by atoms with E-state index in [1.807, 2.05) is 0 Å². The second-order valence-corrected chi connectivity index (χ2v) is 7.65. The van der Waals surface area contributed by atoms with E-state index in [1.54, 1.807) is 0 Å². The Morgan fingerprint density at radius 2 is 1.45 bits per heavy atom. The first-order chi connectivity index (χ1) is 9.06. The molecular weight excluding hydrogens is 248 g/mol. The average Bonchev–Trinajstić information content (AvgIpc) is 2.33. The van der Waals surface area contributed by atoms with E-state index in [4.69, 9.17) is 4.74 Å². The van der Waals surface area contributed by atoms with E-state index in [0.29, 0.717) is 23.7 Å². The predicted octanol–water partition coefficient (Wildman–Crippen LogP) is 5.31. The van der Waals surface area contributed by atoms with Crippen molar-refractivity contribution in [3.05, 3.63) is 0 Å². The molecule has 2 unspecified atom stereocenters. The molecule has 0 saturated carbocycles. The van der Waals surface area contributed by atoms with Crippen LogP contribution < -0.4 is 0 Å². The van der Waals surface area contributed by atoms with Gasteiger partial charge in [-0.25, -0.2) is 0 Å². The van der Waals surface area contributed by atoms with Crippen molar-refractivity contribution >= 4 is 5.97 Å². The first-order valence-corrected chi connectivity index (χ1v) is 8.27. The molecule has 0 aromatic carbocycles. The first kappa shape index (κ1) is 19.5. The van der Waals surface area contributed by atoms with Gasteiger partial charge in [-0.05, 0) is 37.0 Å². The molecule has 0 aliphatic carbocycles. The summed E-state index contributed by atoms with van der Waals surface area (Å²) in [5, 5.41) is 0. The Labute approximate surface area is 126 Å². The number of hydrogen-bond acceptors (Lipinski definition) is 2. The number of ether oxygens (including phenoxy) is 1. The number of rotatable bonds is 8. The van der Waals surface area contributed by atoms with Crippen molar-refractivity contribution in [1.29, 1.82) is 0 Å². The van der Waals surface area contributed by atoms with Crippen LogP contribution in [0.5, 0.6) is 0 Å². The monoisotopic (exact) mass is 284 g/mol. The van der Waals surface area contributed by atoms with Gasteiger partial charge in [0.05, 0.1) is 5.41 Å². The lowest BCUT2D eigenvalue weighted by Gasteiger charge is -2.36. The summed E-state index contributed by atoms with van der Waals surface area (Å²) in [6.07, 6.45) is 2.02. The fourth-order valence-electron chi connectivity index (χ4n) is 2.72. The molecule has 0 fully saturated rings. The molecule has 0 saturated heterocycles. The third kappa shape index (κ3) is 5.10. The van der Waals surface area contributed by atoms with Crippen LogP contribution in [0.4, 0.5) is 0 Å². The Morgan fingerprint density at radius 1 is 1.00 bits per heavy atom. The summed E-state index contributed by atoms with van der Waals surface area (Å²) in [5.74, 6) is 1.55. The number of esters is 1. The maximum absolute atomic E-state index is 12.8. The Hall–Kier alpha value is -0.530. The molecule has 2 atom stereocenters. The van der Waals surface area contributed by atoms with E-state index in [-0.39, 0.29) is 17.5 Å². The molecular formula is C18H36O2. The summed E-state index contributed by atoms with van der Waals surface area (Å²) >= 11 is 0. The highest BCUT2D eigenvalue weighted by Gasteiger charge is 2.40. The second kappa shape index (κ2) is 8.05. The predicted molar refractivity (Wildman–Crippen MR) is 86.6 cm³/mol. The zero-order valence-electron chi connectivity index (χ0n) is 15.1. The highest BCUT2D eigenvalue weighted by molar-refractivity contribution is 5.77. The standard InChI is InChI=1S/C18H36O2/c1-10-15(8)11-18(9,14(6)7)17(19)20-16(12(2)3)13(4)5/h12-16H,10-11H2,1-9H3. The molecule has 0 heterocycles. The summed E-state index contributed by atoms with van der Waals surface area (Å²) in [6.45, 7) is 19.2. The van der Waals surface area contributed by atoms with Gasteiger partial charge in [0.15, 0.2) is 0 Å². The molecule has 20 heavy (non-hydrogen) atoms. The lowest BCUT2D eigenvalue weighted by molar-refractivity contribution is -0.169. The third-order valence-corrected chi connectivity index (χ3v) is 4.77. The maximum Gasteiger partial charge on any atom is 0.312 e. The average molecular weight is 284 g/mol. The minimum absolute atomic E-state index is 0.0116. The molecule has 2 heteroatoms. The maximum atomic E-state index is 12.8. The molecule has 0 bridgehead atoms. The SMILES string of the molecule is CCC(C)CC(C)(C(=O)OC(C(C)C)C(C)C)C(C)C. The molecule has 0 N–H and O–H groups in total. The summed E-state index contributed by atoms with van der Waals surface area (Å²) < 4.78 is 5.91. The molecule has 0 amide bonds. The van der Waals surface area contributed by atoms with Gasteiger partial charge in [0.1, 0.15) is 6.10 Å². The van der Waals surface area contributed by atoms with Gasteiger partial charge >= 0.3 is 5.97 Å². The first-order valence-electron chi connectivity index (χ1n) is 8.27. The topological polar surface area (TPSA) is 26.3 Å². The Morgan fingerprint density at radius 3 is 1.75 bits per heavy atom. The van der Waals surface area contributed by atoms with Crippen LogP contribution in [-0.2, 0) is 9.53 Å². The van der Waals surface area contributed by atoms with Crippen molar-refractivity contribution in [2.45, 2.75) is 81.3 Å². The van der Waals surface area contributed by atoms with Gasteiger partial charge in [-0.1, -0.05) is 61.8 Å². The van der Waals surface area contributed by atoms with Crippen LogP contribution in [-0.4, -0.2) is 12.1 Å². The zero-order valence-corrected chi connectivity index (χ0v) is 15.1. The number of carbonyl (C=O) groups excluding carboxylic acids is 1. The highest BCUT2D eigenvalue weighted by Crippen LogP contribution is 2.37. The van der Waals surface area contributed by atoms with Crippen LogP contribution in [0.3, 0.4) is 0 Å². The summed E-state index contributed by atoms with van der Waals surface area (Å²) in [7, 11) is 0. The van der Waals surface area contributed by atoms with Gasteiger partial charge < -0.3 is 4.74 Å². The molecule has 0 aromatic heterocycles. The summed E-state index contributed by atoms with van der Waals surface area (Å²) in [4.78, 5) is 12.8. The number of carbonyl (C=O) groups is 1. The number of hydrogen-bond donors (Lipinski definition) is 0. The minimum atomic E-state index is -0.378. The van der Waals surface area contributed by atoms with Crippen molar-refractivity contribution in [3.63, 3.8) is 0 Å². The van der Waals surface area contributed by atoms with Crippen LogP contribution in [0.2, 0.25) is 0 Å². The summed E-state index contributed by atoms with van der Waals surface area (Å²) in [6, 6.07) is 0. The Kier molecular flexibility index (Phi) is 7.83. The fourth-order valence-corrected chi connectivity index (χ4v) is 2.72. The van der Waals surface area contributed by atoms with Gasteiger partial charge in [-0.15, -0.1) is 0 Å². The van der Waals surface area contributed by atoms with Crippen LogP contribution in [0.25, 0.3) is 0 Å². The molecule has 0 aliphatic heterocycles. The highest BCUT2D eigenvalue weighted by atomic mass is 16.5. The van der Waals surface area contributed by atoms with E-state index in [0.717, 1.165) is 12.8 Å². The van der Waals surface area contributed by atoms with Gasteiger partial charge in [-0.3, -0.25) is 4.79 Å². The normalized spacial score (nSPS) is 16.9. The zero-order chi connectivity index (χ0) is 16.1.